The van der Waals surface area contributed by atoms with Crippen LogP contribution in [0.1, 0.15) is 32.3 Å². The fraction of sp³-hybridized carbons (Fsp3) is 0.438. The Hall–Kier alpha value is -1.28. The Bertz CT molecular complexity index is 519. The Kier molecular flexibility index (Phi) is 4.00. The van der Waals surface area contributed by atoms with Crippen LogP contribution >= 0.6 is 11.6 Å². The van der Waals surface area contributed by atoms with E-state index in [1.165, 1.54) is 11.3 Å². The lowest BCUT2D eigenvalue weighted by molar-refractivity contribution is -0.114. The second-order valence-corrected chi connectivity index (χ2v) is 5.87. The highest BCUT2D eigenvalue weighted by atomic mass is 35.5. The molecule has 0 radical (unpaired) electrons. The lowest BCUT2D eigenvalue weighted by Crippen LogP contribution is -2.24. The van der Waals surface area contributed by atoms with Crippen LogP contribution < -0.4 is 4.90 Å². The Morgan fingerprint density at radius 2 is 2.05 bits per heavy atom. The molecule has 0 atom stereocenters. The third kappa shape index (κ3) is 2.55. The predicted molar refractivity (Wildman–Crippen MR) is 80.9 cm³/mol. The first-order valence-corrected chi connectivity index (χ1v) is 7.16. The highest BCUT2D eigenvalue weighted by Crippen LogP contribution is 2.46. The number of ketones is 1. The normalized spacial score (nSPS) is 18.7. The highest BCUT2D eigenvalue weighted by Gasteiger charge is 2.38. The van der Waals surface area contributed by atoms with Gasteiger partial charge < -0.3 is 4.90 Å². The summed E-state index contributed by atoms with van der Waals surface area (Å²) >= 11 is 5.64. The van der Waals surface area contributed by atoms with Gasteiger partial charge in [-0.15, -0.1) is 11.6 Å². The number of para-hydroxylation sites is 1. The molecule has 2 nitrogen and oxygen atoms in total. The van der Waals surface area contributed by atoms with Gasteiger partial charge >= 0.3 is 0 Å². The van der Waals surface area contributed by atoms with Gasteiger partial charge in [-0.1, -0.05) is 32.0 Å². The molecule has 0 saturated carbocycles. The van der Waals surface area contributed by atoms with E-state index < -0.39 is 0 Å². The molecule has 0 unspecified atom stereocenters. The second-order valence-electron chi connectivity index (χ2n) is 5.49. The van der Waals surface area contributed by atoms with Crippen molar-refractivity contribution in [2.24, 2.45) is 0 Å². The summed E-state index contributed by atoms with van der Waals surface area (Å²) in [6, 6.07) is 8.31. The highest BCUT2D eigenvalue weighted by molar-refractivity contribution is 6.18. The van der Waals surface area contributed by atoms with E-state index in [0.717, 1.165) is 12.1 Å². The lowest BCUT2D eigenvalue weighted by Gasteiger charge is -2.23. The number of carbonyl (C=O) groups excluding carboxylic acids is 1. The molecule has 0 amide bonds. The minimum Gasteiger partial charge on any atom is -0.347 e. The van der Waals surface area contributed by atoms with Gasteiger partial charge in [0.1, 0.15) is 0 Å². The number of benzene rings is 1. The van der Waals surface area contributed by atoms with Gasteiger partial charge in [-0.2, -0.15) is 0 Å². The summed E-state index contributed by atoms with van der Waals surface area (Å²) in [5.41, 5.74) is 3.40. The number of fused-ring (bicyclic) bond motifs is 1. The molecule has 1 aromatic rings. The number of hydrogen-bond donors (Lipinski definition) is 0. The third-order valence-electron chi connectivity index (χ3n) is 3.79. The molecule has 0 aromatic heterocycles. The summed E-state index contributed by atoms with van der Waals surface area (Å²) in [7, 11) is 2.02. The van der Waals surface area contributed by atoms with Gasteiger partial charge in [-0.3, -0.25) is 4.79 Å². The fourth-order valence-corrected chi connectivity index (χ4v) is 2.86. The minimum absolute atomic E-state index is 0.123. The molecule has 1 aromatic carbocycles. The van der Waals surface area contributed by atoms with Crippen LogP contribution in [-0.4, -0.2) is 18.7 Å². The number of hydrogen-bond acceptors (Lipinski definition) is 2. The van der Waals surface area contributed by atoms with Crippen molar-refractivity contribution in [3.05, 3.63) is 41.6 Å². The number of carbonyl (C=O) groups is 1. The van der Waals surface area contributed by atoms with E-state index in [2.05, 4.69) is 30.9 Å². The first kappa shape index (κ1) is 14.1. The van der Waals surface area contributed by atoms with Crippen LogP contribution in [0, 0.1) is 0 Å². The van der Waals surface area contributed by atoms with Crippen molar-refractivity contribution >= 4 is 23.1 Å². The Labute approximate surface area is 120 Å². The van der Waals surface area contributed by atoms with Crippen LogP contribution in [0.25, 0.3) is 0 Å². The van der Waals surface area contributed by atoms with E-state index in [4.69, 9.17) is 11.6 Å². The summed E-state index contributed by atoms with van der Waals surface area (Å²) in [5.74, 6) is 0.692. The molecular formula is C16H20ClNO. The van der Waals surface area contributed by atoms with E-state index in [-0.39, 0.29) is 11.2 Å². The Morgan fingerprint density at radius 1 is 1.37 bits per heavy atom. The first-order valence-electron chi connectivity index (χ1n) is 6.62. The largest absolute Gasteiger partial charge is 0.347 e. The molecule has 0 bridgehead atoms. The fourth-order valence-electron chi connectivity index (χ4n) is 2.72. The van der Waals surface area contributed by atoms with Crippen molar-refractivity contribution in [1.29, 1.82) is 0 Å². The third-order valence-corrected chi connectivity index (χ3v) is 4.06. The van der Waals surface area contributed by atoms with Crippen molar-refractivity contribution in [1.82, 2.24) is 0 Å². The Morgan fingerprint density at radius 3 is 2.68 bits per heavy atom. The van der Waals surface area contributed by atoms with Crippen LogP contribution in [0.2, 0.25) is 0 Å². The maximum absolute atomic E-state index is 12.0. The van der Waals surface area contributed by atoms with Crippen molar-refractivity contribution in [3.8, 4) is 0 Å². The first-order chi connectivity index (χ1) is 8.98. The average molecular weight is 278 g/mol. The van der Waals surface area contributed by atoms with E-state index in [1.54, 1.807) is 6.08 Å². The summed E-state index contributed by atoms with van der Waals surface area (Å²) in [5, 5.41) is 0. The zero-order chi connectivity index (χ0) is 14.0. The molecule has 0 spiro atoms. The van der Waals surface area contributed by atoms with E-state index in [1.807, 2.05) is 19.2 Å². The van der Waals surface area contributed by atoms with Crippen LogP contribution in [-0.2, 0) is 10.2 Å². The summed E-state index contributed by atoms with van der Waals surface area (Å²) in [4.78, 5) is 14.1. The summed E-state index contributed by atoms with van der Waals surface area (Å²) in [6.07, 6.45) is 3.04. The lowest BCUT2D eigenvalue weighted by atomic mass is 9.83. The van der Waals surface area contributed by atoms with Gasteiger partial charge in [-0.05, 0) is 18.1 Å². The molecule has 0 aliphatic carbocycles. The topological polar surface area (TPSA) is 20.3 Å². The number of nitrogens with zero attached hydrogens (tertiary/aromatic N) is 1. The summed E-state index contributed by atoms with van der Waals surface area (Å²) < 4.78 is 0. The molecule has 0 fully saturated rings. The van der Waals surface area contributed by atoms with E-state index >= 15 is 0 Å². The smallest absolute Gasteiger partial charge is 0.157 e. The number of alkyl halides is 1. The number of allylic oxidation sites excluding steroid dienone is 2. The molecule has 3 heteroatoms. The van der Waals surface area contributed by atoms with Gasteiger partial charge in [0.05, 0.1) is 0 Å². The van der Waals surface area contributed by atoms with Crippen LogP contribution in [0.3, 0.4) is 0 Å². The molecule has 1 heterocycles. The van der Waals surface area contributed by atoms with Gasteiger partial charge in [0.25, 0.3) is 0 Å². The van der Waals surface area contributed by atoms with E-state index in [9.17, 15) is 4.79 Å². The van der Waals surface area contributed by atoms with Gasteiger partial charge in [0.15, 0.2) is 5.78 Å². The molecule has 0 saturated heterocycles. The monoisotopic (exact) mass is 277 g/mol. The minimum atomic E-state index is -0.123. The standard InChI is InChI=1S/C16H20ClNO/c1-16(2)13-8-4-5-9-14(13)18(3)15(16)11-12(19)7-6-10-17/h4-5,8-9,11H,6-7,10H2,1-3H3. The molecule has 102 valence electrons. The van der Waals surface area contributed by atoms with Gasteiger partial charge in [0.2, 0.25) is 0 Å². The zero-order valence-corrected chi connectivity index (χ0v) is 12.5. The van der Waals surface area contributed by atoms with Crippen molar-refractivity contribution < 1.29 is 4.79 Å². The summed E-state index contributed by atoms with van der Waals surface area (Å²) in [6.45, 7) is 4.33. The predicted octanol–water partition coefficient (Wildman–Crippen LogP) is 3.89. The average Bonchev–Trinajstić information content (AvgIpc) is 2.58. The van der Waals surface area contributed by atoms with Crippen molar-refractivity contribution in [3.63, 3.8) is 0 Å². The zero-order valence-electron chi connectivity index (χ0n) is 11.7. The van der Waals surface area contributed by atoms with Crippen molar-refractivity contribution in [2.75, 3.05) is 17.8 Å². The number of likely N-dealkylation sites (N-methyl/N-ethyl adjacent to an activating group) is 1. The second kappa shape index (κ2) is 5.38. The van der Waals surface area contributed by atoms with E-state index in [0.29, 0.717) is 12.3 Å². The number of halogens is 1. The van der Waals surface area contributed by atoms with Gasteiger partial charge in [0, 0.05) is 42.2 Å². The maximum atomic E-state index is 12.0. The molecule has 19 heavy (non-hydrogen) atoms. The maximum Gasteiger partial charge on any atom is 0.157 e. The Balaban J connectivity index is 2.34. The van der Waals surface area contributed by atoms with Crippen LogP contribution in [0.4, 0.5) is 5.69 Å². The SMILES string of the molecule is CN1C(=CC(=O)CCCCl)C(C)(C)c2ccccc21. The molecule has 1 aliphatic heterocycles. The van der Waals surface area contributed by atoms with Crippen LogP contribution in [0.15, 0.2) is 36.0 Å². The molecule has 0 N–H and O–H groups in total. The quantitative estimate of drug-likeness (QED) is 0.615. The van der Waals surface area contributed by atoms with Crippen molar-refractivity contribution in [2.45, 2.75) is 32.1 Å². The number of rotatable bonds is 4. The van der Waals surface area contributed by atoms with Crippen LogP contribution in [0.5, 0.6) is 0 Å². The number of anilines is 1. The van der Waals surface area contributed by atoms with Gasteiger partial charge in [-0.25, -0.2) is 0 Å². The molecule has 1 aliphatic rings. The molecular weight excluding hydrogens is 258 g/mol. The molecule has 2 rings (SSSR count).